The Hall–Kier alpha value is -3.21. The molecule has 0 saturated carbocycles. The molecule has 0 saturated heterocycles. The van der Waals surface area contributed by atoms with Crippen molar-refractivity contribution < 1.29 is 0 Å². The zero-order valence-corrected chi connectivity index (χ0v) is 13.1. The van der Waals surface area contributed by atoms with E-state index in [1.165, 1.54) is 0 Å². The van der Waals surface area contributed by atoms with Crippen molar-refractivity contribution in [1.82, 2.24) is 19.6 Å². The molecule has 0 spiro atoms. The number of para-hydroxylation sites is 1. The zero-order chi connectivity index (χ0) is 16.5. The van der Waals surface area contributed by atoms with Crippen molar-refractivity contribution in [3.63, 3.8) is 0 Å². The van der Waals surface area contributed by atoms with Crippen LogP contribution in [0.15, 0.2) is 72.0 Å². The van der Waals surface area contributed by atoms with Gasteiger partial charge in [0.25, 0.3) is 5.56 Å². The van der Waals surface area contributed by atoms with E-state index in [9.17, 15) is 4.79 Å². The predicted octanol–water partition coefficient (Wildman–Crippen LogP) is 2.98. The fourth-order valence-corrected chi connectivity index (χ4v) is 3.05. The molecule has 118 valence electrons. The van der Waals surface area contributed by atoms with Crippen LogP contribution >= 0.6 is 0 Å². The Labute approximate surface area is 138 Å². The van der Waals surface area contributed by atoms with Crippen LogP contribution in [0.4, 0.5) is 0 Å². The maximum atomic E-state index is 12.8. The fourth-order valence-electron chi connectivity index (χ4n) is 3.05. The van der Waals surface area contributed by atoms with Crippen molar-refractivity contribution in [2.24, 2.45) is 0 Å². The lowest BCUT2D eigenvalue weighted by atomic mass is 10.1. The molecule has 4 rings (SSSR count). The van der Waals surface area contributed by atoms with E-state index in [4.69, 9.17) is 0 Å². The first-order chi connectivity index (χ1) is 11.8. The first-order valence-corrected chi connectivity index (χ1v) is 7.79. The second-order valence-electron chi connectivity index (χ2n) is 5.65. The van der Waals surface area contributed by atoms with E-state index in [1.54, 1.807) is 15.3 Å². The second kappa shape index (κ2) is 5.77. The molecular weight excluding hydrogens is 300 g/mol. The van der Waals surface area contributed by atoms with Gasteiger partial charge in [0.15, 0.2) is 5.52 Å². The molecule has 0 atom stereocenters. The van der Waals surface area contributed by atoms with Gasteiger partial charge in [0.2, 0.25) is 0 Å². The van der Waals surface area contributed by atoms with Gasteiger partial charge in [-0.25, -0.2) is 4.68 Å². The van der Waals surface area contributed by atoms with Gasteiger partial charge >= 0.3 is 0 Å². The SMILES string of the molecule is C=CCn1c(=O)c2nnn(Cc3ccccc3)c2c2ccccc21. The Kier molecular flexibility index (Phi) is 3.46. The lowest BCUT2D eigenvalue weighted by molar-refractivity contribution is 0.671. The second-order valence-corrected chi connectivity index (χ2v) is 5.65. The fraction of sp³-hybridized carbons (Fsp3) is 0.105. The highest BCUT2D eigenvalue weighted by Gasteiger charge is 2.16. The largest absolute Gasteiger partial charge is 0.302 e. The standard InChI is InChI=1S/C19H16N4O/c1-2-12-22-16-11-7-6-10-15(16)18-17(19(22)24)20-21-23(18)13-14-8-4-3-5-9-14/h2-11H,1,12-13H2. The zero-order valence-electron chi connectivity index (χ0n) is 13.1. The molecule has 2 aromatic heterocycles. The minimum Gasteiger partial charge on any atom is -0.302 e. The molecule has 0 aliphatic rings. The third kappa shape index (κ3) is 2.22. The number of pyridine rings is 1. The van der Waals surface area contributed by atoms with Crippen LogP contribution in [0.2, 0.25) is 0 Å². The summed E-state index contributed by atoms with van der Waals surface area (Å²) in [6.07, 6.45) is 1.72. The quantitative estimate of drug-likeness (QED) is 0.544. The lowest BCUT2D eigenvalue weighted by Gasteiger charge is -2.10. The number of aromatic nitrogens is 4. The van der Waals surface area contributed by atoms with E-state index < -0.39 is 0 Å². The van der Waals surface area contributed by atoms with Crippen LogP contribution in [0.3, 0.4) is 0 Å². The number of benzene rings is 2. The Morgan fingerprint density at radius 2 is 1.79 bits per heavy atom. The number of nitrogens with zero attached hydrogens (tertiary/aromatic N) is 4. The van der Waals surface area contributed by atoms with Crippen LogP contribution in [0.25, 0.3) is 21.9 Å². The lowest BCUT2D eigenvalue weighted by Crippen LogP contribution is -2.20. The highest BCUT2D eigenvalue weighted by Crippen LogP contribution is 2.22. The van der Waals surface area contributed by atoms with Crippen LogP contribution in [-0.2, 0) is 13.1 Å². The minimum atomic E-state index is -0.136. The predicted molar refractivity (Wildman–Crippen MR) is 95.0 cm³/mol. The van der Waals surface area contributed by atoms with Gasteiger partial charge in [-0.15, -0.1) is 11.7 Å². The van der Waals surface area contributed by atoms with Crippen LogP contribution in [-0.4, -0.2) is 19.6 Å². The maximum Gasteiger partial charge on any atom is 0.281 e. The van der Waals surface area contributed by atoms with Gasteiger partial charge in [0, 0.05) is 11.9 Å². The average molecular weight is 316 g/mol. The van der Waals surface area contributed by atoms with Crippen LogP contribution in [0.5, 0.6) is 0 Å². The minimum absolute atomic E-state index is 0.136. The smallest absolute Gasteiger partial charge is 0.281 e. The van der Waals surface area contributed by atoms with E-state index in [0.29, 0.717) is 18.6 Å². The van der Waals surface area contributed by atoms with Gasteiger partial charge in [0.1, 0.15) is 5.52 Å². The molecule has 2 aromatic carbocycles. The summed E-state index contributed by atoms with van der Waals surface area (Å²) < 4.78 is 3.48. The Balaban J connectivity index is 2.02. The van der Waals surface area contributed by atoms with E-state index in [1.807, 2.05) is 54.6 Å². The summed E-state index contributed by atoms with van der Waals surface area (Å²) in [7, 11) is 0. The van der Waals surface area contributed by atoms with E-state index >= 15 is 0 Å². The van der Waals surface area contributed by atoms with Crippen molar-refractivity contribution in [3.8, 4) is 0 Å². The van der Waals surface area contributed by atoms with Crippen LogP contribution < -0.4 is 5.56 Å². The monoisotopic (exact) mass is 316 g/mol. The third-order valence-electron chi connectivity index (χ3n) is 4.12. The van der Waals surface area contributed by atoms with Crippen LogP contribution in [0, 0.1) is 0 Å². The molecule has 0 radical (unpaired) electrons. The van der Waals surface area contributed by atoms with E-state index in [2.05, 4.69) is 16.9 Å². The van der Waals surface area contributed by atoms with Gasteiger partial charge in [-0.1, -0.05) is 59.8 Å². The normalized spacial score (nSPS) is 11.2. The summed E-state index contributed by atoms with van der Waals surface area (Å²) in [5.74, 6) is 0. The molecule has 0 N–H and O–H groups in total. The number of hydrogen-bond donors (Lipinski definition) is 0. The molecule has 2 heterocycles. The molecule has 0 amide bonds. The summed E-state index contributed by atoms with van der Waals surface area (Å²) >= 11 is 0. The highest BCUT2D eigenvalue weighted by atomic mass is 16.1. The van der Waals surface area contributed by atoms with Gasteiger partial charge < -0.3 is 4.57 Å². The topological polar surface area (TPSA) is 52.7 Å². The van der Waals surface area contributed by atoms with Crippen molar-refractivity contribution in [2.45, 2.75) is 13.1 Å². The summed E-state index contributed by atoms with van der Waals surface area (Å²) in [4.78, 5) is 12.8. The van der Waals surface area contributed by atoms with Crippen molar-refractivity contribution in [3.05, 3.63) is 83.2 Å². The Bertz CT molecular complexity index is 1090. The molecule has 5 nitrogen and oxygen atoms in total. The van der Waals surface area contributed by atoms with E-state index in [0.717, 1.165) is 22.0 Å². The first kappa shape index (κ1) is 14.4. The first-order valence-electron chi connectivity index (χ1n) is 7.79. The Morgan fingerprint density at radius 3 is 2.58 bits per heavy atom. The highest BCUT2D eigenvalue weighted by molar-refractivity contribution is 6.01. The Morgan fingerprint density at radius 1 is 1.04 bits per heavy atom. The summed E-state index contributed by atoms with van der Waals surface area (Å²) in [5, 5.41) is 9.35. The molecule has 0 aliphatic carbocycles. The molecule has 24 heavy (non-hydrogen) atoms. The van der Waals surface area contributed by atoms with E-state index in [-0.39, 0.29) is 5.56 Å². The van der Waals surface area contributed by atoms with Crippen LogP contribution in [0.1, 0.15) is 5.56 Å². The van der Waals surface area contributed by atoms with Gasteiger partial charge in [0.05, 0.1) is 12.1 Å². The summed E-state index contributed by atoms with van der Waals surface area (Å²) in [6, 6.07) is 17.9. The van der Waals surface area contributed by atoms with Crippen molar-refractivity contribution >= 4 is 21.9 Å². The third-order valence-corrected chi connectivity index (χ3v) is 4.12. The number of allylic oxidation sites excluding steroid dienone is 1. The number of rotatable bonds is 4. The molecule has 0 fully saturated rings. The average Bonchev–Trinajstić information content (AvgIpc) is 3.03. The molecular formula is C19H16N4O. The molecule has 0 unspecified atom stereocenters. The molecule has 5 heteroatoms. The summed E-state index contributed by atoms with van der Waals surface area (Å²) in [6.45, 7) is 4.76. The molecule has 0 bridgehead atoms. The van der Waals surface area contributed by atoms with Crippen molar-refractivity contribution in [1.29, 1.82) is 0 Å². The van der Waals surface area contributed by atoms with Gasteiger partial charge in [-0.3, -0.25) is 4.79 Å². The number of fused-ring (bicyclic) bond motifs is 3. The molecule has 0 aliphatic heterocycles. The maximum absolute atomic E-state index is 12.8. The molecule has 4 aromatic rings. The van der Waals surface area contributed by atoms with Gasteiger partial charge in [-0.2, -0.15) is 0 Å². The summed E-state index contributed by atoms with van der Waals surface area (Å²) in [5.41, 5.74) is 3.02. The number of hydrogen-bond acceptors (Lipinski definition) is 3. The van der Waals surface area contributed by atoms with Crippen molar-refractivity contribution in [2.75, 3.05) is 0 Å². The van der Waals surface area contributed by atoms with Gasteiger partial charge in [-0.05, 0) is 11.6 Å².